The van der Waals surface area contributed by atoms with Crippen molar-refractivity contribution in [1.29, 1.82) is 0 Å². The summed E-state index contributed by atoms with van der Waals surface area (Å²) in [5.41, 5.74) is 0.898. The maximum Gasteiger partial charge on any atom is 0.237 e. The van der Waals surface area contributed by atoms with E-state index in [1.165, 1.54) is 16.2 Å². The van der Waals surface area contributed by atoms with Crippen LogP contribution >= 0.6 is 22.0 Å². The number of carbonyl (C=O) groups is 1. The highest BCUT2D eigenvalue weighted by atomic mass is 35.7. The van der Waals surface area contributed by atoms with Crippen molar-refractivity contribution in [3.63, 3.8) is 0 Å². The number of rotatable bonds is 3. The van der Waals surface area contributed by atoms with Crippen LogP contribution in [-0.4, -0.2) is 36.0 Å². The van der Waals surface area contributed by atoms with Gasteiger partial charge in [0.1, 0.15) is 10.3 Å². The van der Waals surface area contributed by atoms with E-state index in [9.17, 15) is 13.2 Å². The zero-order valence-corrected chi connectivity index (χ0v) is 12.3. The zero-order chi connectivity index (χ0) is 13.5. The predicted molar refractivity (Wildman–Crippen MR) is 70.2 cm³/mol. The zero-order valence-electron chi connectivity index (χ0n) is 9.96. The highest BCUT2D eigenvalue weighted by Gasteiger charge is 2.40. The van der Waals surface area contributed by atoms with E-state index in [-0.39, 0.29) is 24.9 Å². The van der Waals surface area contributed by atoms with E-state index in [1.807, 2.05) is 19.2 Å². The van der Waals surface area contributed by atoms with Crippen LogP contribution in [0.2, 0.25) is 0 Å². The molecular formula is C10H13ClN2O3S2. The first-order chi connectivity index (χ1) is 8.29. The lowest BCUT2D eigenvalue weighted by molar-refractivity contribution is -0.129. The summed E-state index contributed by atoms with van der Waals surface area (Å²) >= 11 is 1.47. The quantitative estimate of drug-likeness (QED) is 0.797. The van der Waals surface area contributed by atoms with Gasteiger partial charge in [0.05, 0.1) is 6.04 Å². The van der Waals surface area contributed by atoms with Gasteiger partial charge in [-0.1, -0.05) is 0 Å². The van der Waals surface area contributed by atoms with Crippen molar-refractivity contribution >= 4 is 37.0 Å². The van der Waals surface area contributed by atoms with Crippen LogP contribution in [0, 0.1) is 6.92 Å². The lowest BCUT2D eigenvalue weighted by Gasteiger charge is -2.22. The molecule has 1 saturated heterocycles. The number of halogens is 1. The molecule has 2 rings (SSSR count). The molecule has 2 atom stereocenters. The van der Waals surface area contributed by atoms with Crippen molar-refractivity contribution in [2.75, 3.05) is 6.54 Å². The van der Waals surface area contributed by atoms with Crippen molar-refractivity contribution in [3.8, 4) is 0 Å². The van der Waals surface area contributed by atoms with E-state index >= 15 is 0 Å². The second-order valence-electron chi connectivity index (χ2n) is 4.35. The average Bonchev–Trinajstić information content (AvgIpc) is 2.83. The number of aromatic nitrogens is 1. The first-order valence-electron chi connectivity index (χ1n) is 5.44. The molecule has 1 aromatic rings. The van der Waals surface area contributed by atoms with Gasteiger partial charge in [-0.05, 0) is 13.8 Å². The summed E-state index contributed by atoms with van der Waals surface area (Å²) in [5, 5.41) is 1.91. The van der Waals surface area contributed by atoms with Crippen LogP contribution in [0.15, 0.2) is 5.38 Å². The minimum Gasteiger partial charge on any atom is -0.332 e. The molecule has 100 valence electrons. The van der Waals surface area contributed by atoms with Gasteiger partial charge in [0, 0.05) is 34.7 Å². The highest BCUT2D eigenvalue weighted by molar-refractivity contribution is 8.14. The average molecular weight is 309 g/mol. The Hall–Kier alpha value is -0.660. The van der Waals surface area contributed by atoms with Crippen LogP contribution in [0.1, 0.15) is 30.1 Å². The van der Waals surface area contributed by atoms with Gasteiger partial charge in [0.25, 0.3) is 0 Å². The third-order valence-electron chi connectivity index (χ3n) is 2.98. The molecule has 0 aromatic carbocycles. The van der Waals surface area contributed by atoms with E-state index in [2.05, 4.69) is 4.98 Å². The highest BCUT2D eigenvalue weighted by Crippen LogP contribution is 2.30. The summed E-state index contributed by atoms with van der Waals surface area (Å²) in [6.45, 7) is 3.87. The summed E-state index contributed by atoms with van der Waals surface area (Å²) in [6.07, 6.45) is -0.0411. The molecule has 2 heterocycles. The van der Waals surface area contributed by atoms with Crippen LogP contribution in [0.25, 0.3) is 0 Å². The maximum absolute atomic E-state index is 11.8. The molecule has 0 saturated carbocycles. The van der Waals surface area contributed by atoms with Crippen molar-refractivity contribution in [3.05, 3.63) is 16.1 Å². The number of thiazole rings is 1. The Morgan fingerprint density at radius 3 is 2.72 bits per heavy atom. The van der Waals surface area contributed by atoms with Crippen LogP contribution in [-0.2, 0) is 13.8 Å². The van der Waals surface area contributed by atoms with Gasteiger partial charge in [0.15, 0.2) is 0 Å². The number of amides is 1. The molecule has 18 heavy (non-hydrogen) atoms. The molecule has 1 aliphatic rings. The Balaban J connectivity index is 2.18. The van der Waals surface area contributed by atoms with Gasteiger partial charge >= 0.3 is 0 Å². The molecular weight excluding hydrogens is 296 g/mol. The molecule has 8 heteroatoms. The molecule has 0 bridgehead atoms. The Kier molecular flexibility index (Phi) is 3.66. The van der Waals surface area contributed by atoms with Crippen LogP contribution in [0.5, 0.6) is 0 Å². The van der Waals surface area contributed by atoms with Crippen LogP contribution < -0.4 is 0 Å². The molecule has 5 nitrogen and oxygen atoms in total. The molecule has 0 N–H and O–H groups in total. The molecule has 0 radical (unpaired) electrons. The van der Waals surface area contributed by atoms with Crippen LogP contribution in [0.3, 0.4) is 0 Å². The largest absolute Gasteiger partial charge is 0.332 e. The van der Waals surface area contributed by atoms with E-state index in [0.717, 1.165) is 10.7 Å². The van der Waals surface area contributed by atoms with Gasteiger partial charge in [-0.15, -0.1) is 11.3 Å². The number of likely N-dealkylation sites (tertiary alicyclic amines) is 1. The minimum atomic E-state index is -3.69. The number of aryl methyl sites for hydroxylation is 1. The summed E-state index contributed by atoms with van der Waals surface area (Å²) in [6, 6.07) is -0.209. The second kappa shape index (κ2) is 4.79. The van der Waals surface area contributed by atoms with Crippen molar-refractivity contribution in [1.82, 2.24) is 9.88 Å². The molecule has 1 amide bonds. The number of hydrogen-bond donors (Lipinski definition) is 0. The number of nitrogens with zero attached hydrogens (tertiary/aromatic N) is 2. The Morgan fingerprint density at radius 1 is 1.61 bits per heavy atom. The SMILES string of the molecule is Cc1csc(C(C)N2CC(S(=O)(=O)Cl)CC2=O)n1. The first-order valence-corrected chi connectivity index (χ1v) is 8.69. The van der Waals surface area contributed by atoms with E-state index in [0.29, 0.717) is 0 Å². The summed E-state index contributed by atoms with van der Waals surface area (Å²) in [4.78, 5) is 17.7. The van der Waals surface area contributed by atoms with Crippen molar-refractivity contribution in [2.45, 2.75) is 31.6 Å². The second-order valence-corrected chi connectivity index (χ2v) is 8.15. The third-order valence-corrected chi connectivity index (χ3v) is 5.98. The predicted octanol–water partition coefficient (Wildman–Crippen LogP) is 1.68. The Morgan fingerprint density at radius 2 is 2.28 bits per heavy atom. The number of hydrogen-bond acceptors (Lipinski definition) is 5. The van der Waals surface area contributed by atoms with E-state index in [4.69, 9.17) is 10.7 Å². The van der Waals surface area contributed by atoms with Gasteiger partial charge in [0.2, 0.25) is 15.0 Å². The van der Waals surface area contributed by atoms with Gasteiger partial charge in [-0.3, -0.25) is 4.79 Å². The maximum atomic E-state index is 11.8. The molecule has 1 aromatic heterocycles. The topological polar surface area (TPSA) is 67.3 Å². The van der Waals surface area contributed by atoms with E-state index in [1.54, 1.807) is 0 Å². The fourth-order valence-electron chi connectivity index (χ4n) is 1.96. The first kappa shape index (κ1) is 13.8. The summed E-state index contributed by atoms with van der Waals surface area (Å²) < 4.78 is 22.5. The summed E-state index contributed by atoms with van der Waals surface area (Å²) in [5.74, 6) is -0.190. The fraction of sp³-hybridized carbons (Fsp3) is 0.600. The summed E-state index contributed by atoms with van der Waals surface area (Å²) in [7, 11) is 1.62. The van der Waals surface area contributed by atoms with Gasteiger partial charge in [-0.25, -0.2) is 13.4 Å². The molecule has 0 spiro atoms. The number of carbonyl (C=O) groups excluding carboxylic acids is 1. The van der Waals surface area contributed by atoms with Gasteiger partial charge in [-0.2, -0.15) is 0 Å². The normalized spacial score (nSPS) is 22.5. The minimum absolute atomic E-state index is 0.0411. The molecule has 1 aliphatic heterocycles. The molecule has 0 aliphatic carbocycles. The molecule has 1 fully saturated rings. The smallest absolute Gasteiger partial charge is 0.237 e. The van der Waals surface area contributed by atoms with Crippen molar-refractivity contribution in [2.24, 2.45) is 0 Å². The van der Waals surface area contributed by atoms with Gasteiger partial charge < -0.3 is 4.90 Å². The van der Waals surface area contributed by atoms with Crippen molar-refractivity contribution < 1.29 is 13.2 Å². The Bertz CT molecular complexity index is 569. The molecule has 2 unspecified atom stereocenters. The standard InChI is InChI=1S/C10H13ClN2O3S2/c1-6-5-17-10(12-6)7(2)13-4-8(3-9(13)14)18(11,15)16/h5,7-8H,3-4H2,1-2H3. The monoisotopic (exact) mass is 308 g/mol. The lowest BCUT2D eigenvalue weighted by Crippen LogP contribution is -2.30. The third kappa shape index (κ3) is 2.67. The Labute approximate surface area is 114 Å². The van der Waals surface area contributed by atoms with E-state index < -0.39 is 14.3 Å². The fourth-order valence-corrected chi connectivity index (χ4v) is 3.86. The lowest BCUT2D eigenvalue weighted by atomic mass is 10.3. The van der Waals surface area contributed by atoms with Crippen LogP contribution in [0.4, 0.5) is 0 Å².